The van der Waals surface area contributed by atoms with Crippen molar-refractivity contribution < 1.29 is 0 Å². The van der Waals surface area contributed by atoms with Crippen molar-refractivity contribution in [1.82, 2.24) is 0 Å². The topological polar surface area (TPSA) is 0 Å². The van der Waals surface area contributed by atoms with Crippen LogP contribution in [0.2, 0.25) is 0 Å². The molecule has 0 heterocycles. The molecule has 2 aliphatic rings. The Morgan fingerprint density at radius 1 is 0.533 bits per heavy atom. The summed E-state index contributed by atoms with van der Waals surface area (Å²) >= 11 is 9.40. The highest BCUT2D eigenvalue weighted by Gasteiger charge is 2.18. The number of hydrogen-bond donors (Lipinski definition) is 0. The van der Waals surface area contributed by atoms with Crippen molar-refractivity contribution in [2.24, 2.45) is 0 Å². The van der Waals surface area contributed by atoms with Crippen LogP contribution in [0.25, 0.3) is 22.3 Å². The van der Waals surface area contributed by atoms with Crippen LogP contribution in [0.3, 0.4) is 0 Å². The quantitative estimate of drug-likeness (QED) is 0.147. The predicted octanol–water partition coefficient (Wildman–Crippen LogP) is 9.28. The molecule has 6 rings (SSSR count). The lowest BCUT2D eigenvalue weighted by molar-refractivity contribution is 1.25. The van der Waals surface area contributed by atoms with Gasteiger partial charge in [0.15, 0.2) is 0 Å². The first-order chi connectivity index (χ1) is 14.1. The third kappa shape index (κ3) is 4.17. The Hall–Kier alpha value is -1.43. The van der Waals surface area contributed by atoms with Crippen molar-refractivity contribution >= 4 is 54.5 Å². The zero-order chi connectivity index (χ0) is 20.0. The van der Waals surface area contributed by atoms with Crippen molar-refractivity contribution in [3.05, 3.63) is 114 Å². The molecule has 0 aromatic heterocycles. The second-order valence-electron chi connectivity index (χ2n) is 7.42. The van der Waals surface area contributed by atoms with Gasteiger partial charge in [-0.1, -0.05) is 81.8 Å². The molecule has 4 aromatic rings. The second-order valence-corrected chi connectivity index (χ2v) is 10.5. The van der Waals surface area contributed by atoms with Gasteiger partial charge in [0.1, 0.15) is 0 Å². The molecule has 30 heavy (non-hydrogen) atoms. The lowest BCUT2D eigenvalue weighted by atomic mass is 10.1. The molecule has 0 aliphatic heterocycles. The van der Waals surface area contributed by atoms with Gasteiger partial charge >= 0.3 is 0 Å². The Morgan fingerprint density at radius 3 is 1.63 bits per heavy atom. The van der Waals surface area contributed by atoms with Gasteiger partial charge in [0.2, 0.25) is 0 Å². The molecule has 0 fully saturated rings. The number of rotatable bonds is 0. The van der Waals surface area contributed by atoms with Crippen LogP contribution in [-0.4, -0.2) is 0 Å². The van der Waals surface area contributed by atoms with Crippen LogP contribution >= 0.6 is 54.5 Å². The lowest BCUT2D eigenvalue weighted by Crippen LogP contribution is -1.80. The largest absolute Gasteiger partial charge is 0.0776 e. The summed E-state index contributed by atoms with van der Waals surface area (Å²) in [5.74, 6) is 0. The highest BCUT2D eigenvalue weighted by atomic mass is 127. The molecule has 2 aliphatic carbocycles. The van der Waals surface area contributed by atoms with Crippen LogP contribution in [0.1, 0.15) is 29.7 Å². The molecular weight excluding hydrogens is 611 g/mol. The van der Waals surface area contributed by atoms with E-state index in [9.17, 15) is 0 Å². The van der Waals surface area contributed by atoms with E-state index in [2.05, 4.69) is 133 Å². The van der Waals surface area contributed by atoms with Gasteiger partial charge in [-0.05, 0) is 116 Å². The van der Waals surface area contributed by atoms with E-state index in [1.54, 1.807) is 0 Å². The summed E-state index contributed by atoms with van der Waals surface area (Å²) in [6.45, 7) is 0. The molecule has 0 spiro atoms. The average Bonchev–Trinajstić information content (AvgIpc) is 3.24. The molecule has 150 valence electrons. The van der Waals surface area contributed by atoms with E-state index in [-0.39, 0.29) is 7.43 Å². The minimum atomic E-state index is 0. The lowest BCUT2D eigenvalue weighted by Gasteiger charge is -2.01. The summed E-state index contributed by atoms with van der Waals surface area (Å²) in [7, 11) is 0. The van der Waals surface area contributed by atoms with E-state index < -0.39 is 0 Å². The SMILES string of the molecule is Brc1ccc2c(c1)Cc1cc(I)ccc1-2.Brc1ccc2c(c1)Cc1ccccc1-2.C. The summed E-state index contributed by atoms with van der Waals surface area (Å²) in [6.07, 6.45) is 2.14. The molecule has 0 saturated heterocycles. The van der Waals surface area contributed by atoms with Crippen LogP contribution in [0.5, 0.6) is 0 Å². The van der Waals surface area contributed by atoms with Crippen molar-refractivity contribution in [2.75, 3.05) is 0 Å². The third-order valence-electron chi connectivity index (χ3n) is 5.56. The Balaban J connectivity index is 0.000000141. The molecule has 0 atom stereocenters. The zero-order valence-corrected chi connectivity index (χ0v) is 20.9. The molecule has 0 bridgehead atoms. The molecule has 0 N–H and O–H groups in total. The smallest absolute Gasteiger partial charge is 0.0178 e. The molecular formula is C27H21Br2I. The van der Waals surface area contributed by atoms with Crippen LogP contribution in [0, 0.1) is 3.57 Å². The summed E-state index contributed by atoms with van der Waals surface area (Å²) in [5, 5.41) is 0. The molecule has 4 aromatic carbocycles. The number of halogens is 3. The molecule has 0 unspecified atom stereocenters. The molecule has 0 saturated carbocycles. The normalized spacial score (nSPS) is 12.0. The van der Waals surface area contributed by atoms with E-state index in [0.29, 0.717) is 0 Å². The van der Waals surface area contributed by atoms with Gasteiger partial charge in [0, 0.05) is 12.5 Å². The van der Waals surface area contributed by atoms with Gasteiger partial charge in [-0.25, -0.2) is 0 Å². The van der Waals surface area contributed by atoms with E-state index in [1.165, 1.54) is 57.0 Å². The number of hydrogen-bond acceptors (Lipinski definition) is 0. The van der Waals surface area contributed by atoms with Gasteiger partial charge < -0.3 is 0 Å². The summed E-state index contributed by atoms with van der Waals surface area (Å²) < 4.78 is 3.66. The van der Waals surface area contributed by atoms with E-state index >= 15 is 0 Å². The van der Waals surface area contributed by atoms with Crippen LogP contribution < -0.4 is 0 Å². The highest BCUT2D eigenvalue weighted by molar-refractivity contribution is 14.1. The number of benzene rings is 4. The average molecular weight is 632 g/mol. The van der Waals surface area contributed by atoms with E-state index in [0.717, 1.165) is 12.8 Å². The Kier molecular flexibility index (Phi) is 6.52. The fourth-order valence-electron chi connectivity index (χ4n) is 4.26. The Labute approximate surface area is 209 Å². The molecule has 0 radical (unpaired) electrons. The van der Waals surface area contributed by atoms with Gasteiger partial charge in [-0.2, -0.15) is 0 Å². The first kappa shape index (κ1) is 21.8. The maximum Gasteiger partial charge on any atom is 0.0178 e. The minimum Gasteiger partial charge on any atom is -0.0776 e. The standard InChI is InChI=1S/C13H8BrI.C13H9Br.CH4/c14-10-1-3-12-8(6-10)5-9-7-11(15)2-4-13(9)12;14-11-5-6-13-10(8-11)7-9-3-1-2-4-12(9)13;/h1-4,6-7H,5H2;1-6,8H,7H2;1H4. The van der Waals surface area contributed by atoms with Gasteiger partial charge in [0.25, 0.3) is 0 Å². The van der Waals surface area contributed by atoms with Crippen molar-refractivity contribution in [3.8, 4) is 22.3 Å². The van der Waals surface area contributed by atoms with Crippen LogP contribution in [0.15, 0.2) is 87.8 Å². The first-order valence-corrected chi connectivity index (χ1v) is 12.2. The molecule has 0 amide bonds. The van der Waals surface area contributed by atoms with Crippen LogP contribution in [-0.2, 0) is 12.8 Å². The first-order valence-electron chi connectivity index (χ1n) is 9.52. The minimum absolute atomic E-state index is 0. The maximum absolute atomic E-state index is 3.52. The summed E-state index contributed by atoms with van der Waals surface area (Å²) in [5.41, 5.74) is 11.3. The maximum atomic E-state index is 3.52. The highest BCUT2D eigenvalue weighted by Crippen LogP contribution is 2.39. The van der Waals surface area contributed by atoms with Crippen molar-refractivity contribution in [2.45, 2.75) is 20.3 Å². The van der Waals surface area contributed by atoms with Crippen LogP contribution in [0.4, 0.5) is 0 Å². The van der Waals surface area contributed by atoms with E-state index in [4.69, 9.17) is 0 Å². The number of fused-ring (bicyclic) bond motifs is 6. The van der Waals surface area contributed by atoms with Gasteiger partial charge in [0.05, 0.1) is 0 Å². The van der Waals surface area contributed by atoms with Crippen molar-refractivity contribution in [3.63, 3.8) is 0 Å². The monoisotopic (exact) mass is 630 g/mol. The molecule has 3 heteroatoms. The van der Waals surface area contributed by atoms with Gasteiger partial charge in [-0.15, -0.1) is 0 Å². The third-order valence-corrected chi connectivity index (χ3v) is 7.22. The predicted molar refractivity (Wildman–Crippen MR) is 144 cm³/mol. The summed E-state index contributed by atoms with van der Waals surface area (Å²) in [4.78, 5) is 0. The summed E-state index contributed by atoms with van der Waals surface area (Å²) in [6, 6.07) is 28.4. The van der Waals surface area contributed by atoms with Gasteiger partial charge in [-0.3, -0.25) is 0 Å². The zero-order valence-electron chi connectivity index (χ0n) is 15.6. The molecule has 0 nitrogen and oxygen atoms in total. The second kappa shape index (κ2) is 8.97. The Bertz CT molecular complexity index is 1190. The fraction of sp³-hybridized carbons (Fsp3) is 0.111. The van der Waals surface area contributed by atoms with E-state index in [1.807, 2.05) is 0 Å². The Morgan fingerprint density at radius 2 is 1.00 bits per heavy atom. The fourth-order valence-corrected chi connectivity index (χ4v) is 5.63. The van der Waals surface area contributed by atoms with Crippen molar-refractivity contribution in [1.29, 1.82) is 0 Å².